The van der Waals surface area contributed by atoms with E-state index in [0.29, 0.717) is 6.04 Å². The van der Waals surface area contributed by atoms with Crippen molar-refractivity contribution in [3.05, 3.63) is 100 Å². The molecule has 2 aliphatic heterocycles. The van der Waals surface area contributed by atoms with Gasteiger partial charge in [0.05, 0.1) is 0 Å². The van der Waals surface area contributed by atoms with Crippen molar-refractivity contribution in [3.8, 4) is 0 Å². The second-order valence-electron chi connectivity index (χ2n) is 9.01. The molecule has 3 aromatic carbocycles. The lowest BCUT2D eigenvalue weighted by atomic mass is 9.72. The second kappa shape index (κ2) is 7.41. The normalized spacial score (nSPS) is 20.5. The van der Waals surface area contributed by atoms with Crippen LogP contribution in [0.15, 0.2) is 66.7 Å². The minimum absolute atomic E-state index is 0.0153. The highest BCUT2D eigenvalue weighted by Gasteiger charge is 2.59. The van der Waals surface area contributed by atoms with Crippen LogP contribution in [0, 0.1) is 27.7 Å². The topological polar surface area (TPSA) is 12.5 Å². The molecule has 1 atom stereocenters. The molecule has 152 valence electrons. The molecule has 0 spiro atoms. The number of hydrogen-bond acceptors (Lipinski definition) is 2. The van der Waals surface area contributed by atoms with Crippen LogP contribution in [0.2, 0.25) is 0 Å². The Morgan fingerprint density at radius 2 is 1.40 bits per heavy atom. The molecule has 5 rings (SSSR count). The van der Waals surface area contributed by atoms with Crippen molar-refractivity contribution in [3.63, 3.8) is 0 Å². The van der Waals surface area contributed by atoms with Gasteiger partial charge in [-0.1, -0.05) is 66.7 Å². The highest BCUT2D eigenvalue weighted by molar-refractivity contribution is 6.65. The SMILES string of the molecule is Cc1cccc(C2(c3cccc(C)c3C)OB(c3ccccc3)N3CCC[C@H]32)c1C. The zero-order valence-corrected chi connectivity index (χ0v) is 18.5. The van der Waals surface area contributed by atoms with E-state index in [4.69, 9.17) is 4.65 Å². The molecule has 0 amide bonds. The van der Waals surface area contributed by atoms with E-state index in [1.54, 1.807) is 0 Å². The summed E-state index contributed by atoms with van der Waals surface area (Å²) >= 11 is 0. The summed E-state index contributed by atoms with van der Waals surface area (Å²) in [5.41, 5.74) is 8.79. The Bertz CT molecular complexity index is 1030. The highest BCUT2D eigenvalue weighted by atomic mass is 16.5. The Morgan fingerprint density at radius 1 is 0.800 bits per heavy atom. The summed E-state index contributed by atoms with van der Waals surface area (Å²) in [5.74, 6) is 0. The first-order valence-electron chi connectivity index (χ1n) is 11.2. The van der Waals surface area contributed by atoms with Gasteiger partial charge in [-0.3, -0.25) is 0 Å². The van der Waals surface area contributed by atoms with E-state index in [2.05, 4.69) is 99.2 Å². The van der Waals surface area contributed by atoms with Gasteiger partial charge >= 0.3 is 7.05 Å². The Kier molecular flexibility index (Phi) is 4.84. The predicted octanol–water partition coefficient (Wildman–Crippen LogP) is 5.05. The number of nitrogens with zero attached hydrogens (tertiary/aromatic N) is 1. The van der Waals surface area contributed by atoms with Crippen LogP contribution in [0.4, 0.5) is 0 Å². The summed E-state index contributed by atoms with van der Waals surface area (Å²) in [7, 11) is -0.0153. The summed E-state index contributed by atoms with van der Waals surface area (Å²) in [6.07, 6.45) is 2.37. The van der Waals surface area contributed by atoms with Crippen LogP contribution in [-0.4, -0.2) is 24.4 Å². The molecule has 3 heteroatoms. The molecule has 0 N–H and O–H groups in total. The van der Waals surface area contributed by atoms with Gasteiger partial charge in [0.1, 0.15) is 5.60 Å². The average molecular weight is 395 g/mol. The summed E-state index contributed by atoms with van der Waals surface area (Å²) in [4.78, 5) is 2.61. The van der Waals surface area contributed by atoms with Crippen LogP contribution >= 0.6 is 0 Å². The Balaban J connectivity index is 1.79. The van der Waals surface area contributed by atoms with Gasteiger partial charge in [-0.2, -0.15) is 0 Å². The molecule has 2 nitrogen and oxygen atoms in total. The molecule has 2 fully saturated rings. The van der Waals surface area contributed by atoms with Crippen molar-refractivity contribution in [1.29, 1.82) is 0 Å². The van der Waals surface area contributed by atoms with Crippen molar-refractivity contribution >= 4 is 12.5 Å². The molecule has 2 aliphatic rings. The predicted molar refractivity (Wildman–Crippen MR) is 125 cm³/mol. The van der Waals surface area contributed by atoms with Crippen LogP contribution in [-0.2, 0) is 10.3 Å². The Hall–Kier alpha value is -2.36. The maximum atomic E-state index is 7.27. The molecule has 0 bridgehead atoms. The zero-order chi connectivity index (χ0) is 20.9. The second-order valence-corrected chi connectivity index (χ2v) is 9.01. The van der Waals surface area contributed by atoms with E-state index in [1.807, 2.05) is 0 Å². The maximum Gasteiger partial charge on any atom is 0.419 e. The molecule has 0 aromatic heterocycles. The summed E-state index contributed by atoms with van der Waals surface area (Å²) in [5, 5.41) is 0. The molecular weight excluding hydrogens is 365 g/mol. The number of aryl methyl sites for hydroxylation is 2. The van der Waals surface area contributed by atoms with Crippen LogP contribution in [0.1, 0.15) is 46.2 Å². The smallest absolute Gasteiger partial charge is 0.402 e. The quantitative estimate of drug-likeness (QED) is 0.576. The highest BCUT2D eigenvalue weighted by Crippen LogP contribution is 2.51. The van der Waals surface area contributed by atoms with Crippen LogP contribution in [0.5, 0.6) is 0 Å². The molecule has 0 saturated carbocycles. The number of fused-ring (bicyclic) bond motifs is 1. The first-order chi connectivity index (χ1) is 14.5. The Labute approximate surface area is 181 Å². The van der Waals surface area contributed by atoms with Gasteiger partial charge in [0.2, 0.25) is 0 Å². The van der Waals surface area contributed by atoms with Crippen molar-refractivity contribution < 1.29 is 4.65 Å². The van der Waals surface area contributed by atoms with Crippen molar-refractivity contribution in [2.45, 2.75) is 52.2 Å². The van der Waals surface area contributed by atoms with Gasteiger partial charge in [-0.15, -0.1) is 0 Å². The molecule has 0 radical (unpaired) electrons. The van der Waals surface area contributed by atoms with Gasteiger partial charge in [-0.05, 0) is 85.9 Å². The van der Waals surface area contributed by atoms with Crippen LogP contribution in [0.25, 0.3) is 0 Å². The van der Waals surface area contributed by atoms with Crippen molar-refractivity contribution in [1.82, 2.24) is 4.81 Å². The monoisotopic (exact) mass is 395 g/mol. The lowest BCUT2D eigenvalue weighted by Crippen LogP contribution is -2.45. The van der Waals surface area contributed by atoms with Gasteiger partial charge in [0.15, 0.2) is 0 Å². The molecular formula is C27H30BNO. The molecule has 3 aromatic rings. The first-order valence-corrected chi connectivity index (χ1v) is 11.2. The average Bonchev–Trinajstić information content (AvgIpc) is 3.35. The maximum absolute atomic E-state index is 7.27. The van der Waals surface area contributed by atoms with E-state index >= 15 is 0 Å². The molecule has 2 saturated heterocycles. The minimum Gasteiger partial charge on any atom is -0.402 e. The summed E-state index contributed by atoms with van der Waals surface area (Å²) < 4.78 is 7.27. The molecule has 0 aliphatic carbocycles. The minimum atomic E-state index is -0.455. The van der Waals surface area contributed by atoms with Gasteiger partial charge in [0.25, 0.3) is 0 Å². The van der Waals surface area contributed by atoms with E-state index in [1.165, 1.54) is 45.3 Å². The fourth-order valence-corrected chi connectivity index (χ4v) is 5.64. The number of hydrogen-bond donors (Lipinski definition) is 0. The third-order valence-electron chi connectivity index (χ3n) is 7.46. The van der Waals surface area contributed by atoms with Gasteiger partial charge in [-0.25, -0.2) is 0 Å². The largest absolute Gasteiger partial charge is 0.419 e. The van der Waals surface area contributed by atoms with Crippen molar-refractivity contribution in [2.75, 3.05) is 6.54 Å². The third kappa shape index (κ3) is 2.80. The van der Waals surface area contributed by atoms with Crippen LogP contribution in [0.3, 0.4) is 0 Å². The summed E-state index contributed by atoms with van der Waals surface area (Å²) in [6, 6.07) is 24.5. The molecule has 0 unspecified atom stereocenters. The van der Waals surface area contributed by atoms with E-state index in [9.17, 15) is 0 Å². The first kappa shape index (κ1) is 19.6. The third-order valence-corrected chi connectivity index (χ3v) is 7.46. The standard InChI is InChI=1S/C27H30BNO/c1-19-11-8-15-24(21(19)3)27(25-16-9-12-20(2)22(25)4)26-17-10-18-29(26)28(30-27)23-13-6-5-7-14-23/h5-9,11-16,26H,10,17-18H2,1-4H3/t26-/m0/s1. The van der Waals surface area contributed by atoms with Gasteiger partial charge in [0, 0.05) is 6.04 Å². The lowest BCUT2D eigenvalue weighted by Gasteiger charge is -2.39. The number of rotatable bonds is 3. The fraction of sp³-hybridized carbons (Fsp3) is 0.333. The fourth-order valence-electron chi connectivity index (χ4n) is 5.64. The van der Waals surface area contributed by atoms with Gasteiger partial charge < -0.3 is 9.47 Å². The van der Waals surface area contributed by atoms with E-state index in [-0.39, 0.29) is 7.05 Å². The zero-order valence-electron chi connectivity index (χ0n) is 18.5. The molecule has 2 heterocycles. The summed E-state index contributed by atoms with van der Waals surface area (Å²) in [6.45, 7) is 10.0. The number of benzene rings is 3. The molecule has 30 heavy (non-hydrogen) atoms. The van der Waals surface area contributed by atoms with E-state index < -0.39 is 5.60 Å². The van der Waals surface area contributed by atoms with E-state index in [0.717, 1.165) is 13.0 Å². The van der Waals surface area contributed by atoms with Crippen LogP contribution < -0.4 is 5.46 Å². The Morgan fingerprint density at radius 3 is 2.00 bits per heavy atom. The van der Waals surface area contributed by atoms with Crippen molar-refractivity contribution in [2.24, 2.45) is 0 Å². The lowest BCUT2D eigenvalue weighted by molar-refractivity contribution is 0.105.